The molecule has 1 heterocycles. The zero-order valence-electron chi connectivity index (χ0n) is 6.81. The molecule has 1 rings (SSSR count). The minimum atomic E-state index is -2.56. The highest BCUT2D eigenvalue weighted by Crippen LogP contribution is 2.20. The van der Waals surface area contributed by atoms with Crippen molar-refractivity contribution in [2.45, 2.75) is 26.3 Å². The van der Waals surface area contributed by atoms with Crippen LogP contribution in [-0.4, -0.2) is 9.55 Å². The van der Waals surface area contributed by atoms with Gasteiger partial charge in [-0.15, -0.1) is 11.6 Å². The van der Waals surface area contributed by atoms with E-state index in [1.165, 1.54) is 0 Å². The fourth-order valence-corrected chi connectivity index (χ4v) is 1.24. The summed E-state index contributed by atoms with van der Waals surface area (Å²) in [5.41, 5.74) is 1.08. The number of rotatable bonds is 2. The lowest BCUT2D eigenvalue weighted by Gasteiger charge is -2.05. The van der Waals surface area contributed by atoms with Gasteiger partial charge in [0.2, 0.25) is 0 Å². The monoisotopic (exact) mass is 194 g/mol. The summed E-state index contributed by atoms with van der Waals surface area (Å²) in [6.45, 7) is 0.731. The van der Waals surface area contributed by atoms with Gasteiger partial charge in [-0.25, -0.2) is 4.98 Å². The maximum Gasteiger partial charge on any atom is 0.320 e. The van der Waals surface area contributed by atoms with Gasteiger partial charge in [0.1, 0.15) is 5.82 Å². The molecule has 0 aliphatic carbocycles. The molecule has 1 aromatic rings. The van der Waals surface area contributed by atoms with Gasteiger partial charge in [0.25, 0.3) is 0 Å². The molecule has 2 nitrogen and oxygen atoms in total. The third-order valence-electron chi connectivity index (χ3n) is 1.77. The Bertz CT molecular complexity index is 283. The molecule has 0 fully saturated rings. The third kappa shape index (κ3) is 1.43. The predicted molar refractivity (Wildman–Crippen MR) is 42.5 cm³/mol. The molecule has 68 valence electrons. The molecule has 1 aromatic heterocycles. The van der Waals surface area contributed by atoms with Crippen LogP contribution in [0.4, 0.5) is 8.78 Å². The summed E-state index contributed by atoms with van der Waals surface area (Å²) in [5.74, 6) is 0.237. The molecule has 0 atom stereocenters. The summed E-state index contributed by atoms with van der Waals surface area (Å²) in [7, 11) is 0. The summed E-state index contributed by atoms with van der Waals surface area (Å²) in [6.07, 6.45) is 0. The average molecular weight is 195 g/mol. The molecule has 0 N–H and O–H groups in total. The quantitative estimate of drug-likeness (QED) is 0.662. The van der Waals surface area contributed by atoms with Crippen molar-refractivity contribution in [3.8, 4) is 0 Å². The van der Waals surface area contributed by atoms with Crippen LogP contribution in [0.5, 0.6) is 0 Å². The van der Waals surface area contributed by atoms with E-state index in [0.29, 0.717) is 11.4 Å². The van der Waals surface area contributed by atoms with Crippen LogP contribution in [0.3, 0.4) is 0 Å². The fraction of sp³-hybridized carbons (Fsp3) is 0.571. The second-order valence-electron chi connectivity index (χ2n) is 2.48. The summed E-state index contributed by atoms with van der Waals surface area (Å²) in [4.78, 5) is 3.90. The van der Waals surface area contributed by atoms with Crippen LogP contribution in [0.2, 0.25) is 0 Å². The van der Waals surface area contributed by atoms with E-state index in [4.69, 9.17) is 11.6 Å². The minimum Gasteiger partial charge on any atom is -0.274 e. The van der Waals surface area contributed by atoms with Crippen molar-refractivity contribution in [2.75, 3.05) is 0 Å². The minimum absolute atomic E-state index is 0.0129. The van der Waals surface area contributed by atoms with Gasteiger partial charge in [0.15, 0.2) is 0 Å². The Labute approximate surface area is 74.2 Å². The van der Waals surface area contributed by atoms with Crippen LogP contribution in [0, 0.1) is 13.8 Å². The Morgan fingerprint density at radius 1 is 1.50 bits per heavy atom. The Morgan fingerprint density at radius 3 is 2.42 bits per heavy atom. The summed E-state index contributed by atoms with van der Waals surface area (Å²) in [5, 5.41) is 0. The van der Waals surface area contributed by atoms with Crippen molar-refractivity contribution in [1.82, 2.24) is 9.55 Å². The van der Waals surface area contributed by atoms with Crippen molar-refractivity contribution in [2.24, 2.45) is 0 Å². The van der Waals surface area contributed by atoms with Crippen molar-refractivity contribution in [3.63, 3.8) is 0 Å². The molecule has 12 heavy (non-hydrogen) atoms. The third-order valence-corrected chi connectivity index (χ3v) is 2.01. The average Bonchev–Trinajstić information content (AvgIpc) is 2.28. The SMILES string of the molecule is Cc1nc(CCl)n(C(F)F)c1C. The van der Waals surface area contributed by atoms with Gasteiger partial charge in [0.05, 0.1) is 11.6 Å². The van der Waals surface area contributed by atoms with Gasteiger partial charge in [-0.05, 0) is 13.8 Å². The van der Waals surface area contributed by atoms with Gasteiger partial charge >= 0.3 is 6.55 Å². The van der Waals surface area contributed by atoms with E-state index in [-0.39, 0.29) is 11.7 Å². The summed E-state index contributed by atoms with van der Waals surface area (Å²) < 4.78 is 25.6. The van der Waals surface area contributed by atoms with Gasteiger partial charge < -0.3 is 0 Å². The van der Waals surface area contributed by atoms with Crippen LogP contribution < -0.4 is 0 Å². The normalized spacial score (nSPS) is 11.2. The molecule has 0 aliphatic heterocycles. The molecule has 0 saturated carbocycles. The number of aromatic nitrogens is 2. The predicted octanol–water partition coefficient (Wildman–Crippen LogP) is 2.63. The first-order valence-corrected chi connectivity index (χ1v) is 3.99. The van der Waals surface area contributed by atoms with Gasteiger partial charge in [-0.2, -0.15) is 8.78 Å². The Morgan fingerprint density at radius 2 is 2.08 bits per heavy atom. The van der Waals surface area contributed by atoms with E-state index < -0.39 is 6.55 Å². The van der Waals surface area contributed by atoms with Gasteiger partial charge in [-0.3, -0.25) is 4.57 Å². The number of imidazole rings is 1. The number of nitrogens with zero attached hydrogens (tertiary/aromatic N) is 2. The van der Waals surface area contributed by atoms with Crippen molar-refractivity contribution in [1.29, 1.82) is 0 Å². The largest absolute Gasteiger partial charge is 0.320 e. The van der Waals surface area contributed by atoms with E-state index in [1.807, 2.05) is 0 Å². The number of hydrogen-bond donors (Lipinski definition) is 0. The first-order chi connectivity index (χ1) is 5.57. The van der Waals surface area contributed by atoms with Crippen LogP contribution >= 0.6 is 11.6 Å². The summed E-state index contributed by atoms with van der Waals surface area (Å²) >= 11 is 5.44. The number of hydrogen-bond acceptors (Lipinski definition) is 1. The van der Waals surface area contributed by atoms with Crippen LogP contribution in [0.15, 0.2) is 0 Å². The maximum absolute atomic E-state index is 12.4. The van der Waals surface area contributed by atoms with Crippen LogP contribution in [0.1, 0.15) is 23.8 Å². The number of alkyl halides is 3. The fourth-order valence-electron chi connectivity index (χ4n) is 1.05. The smallest absolute Gasteiger partial charge is 0.274 e. The molecule has 0 unspecified atom stereocenters. The molecule has 0 bridgehead atoms. The topological polar surface area (TPSA) is 17.8 Å². The highest BCUT2D eigenvalue weighted by Gasteiger charge is 2.16. The van der Waals surface area contributed by atoms with Gasteiger partial charge in [0, 0.05) is 5.69 Å². The molecule has 5 heteroatoms. The first kappa shape index (κ1) is 9.45. The molecule has 0 saturated heterocycles. The first-order valence-electron chi connectivity index (χ1n) is 3.46. The number of halogens is 3. The highest BCUT2D eigenvalue weighted by atomic mass is 35.5. The lowest BCUT2D eigenvalue weighted by Crippen LogP contribution is -2.04. The molecule has 0 aliphatic rings. The molecular formula is C7H9ClF2N2. The lowest BCUT2D eigenvalue weighted by molar-refractivity contribution is 0.0656. The lowest BCUT2D eigenvalue weighted by atomic mass is 10.4. The van der Waals surface area contributed by atoms with Crippen molar-refractivity contribution >= 4 is 11.6 Å². The van der Waals surface area contributed by atoms with Crippen molar-refractivity contribution in [3.05, 3.63) is 17.2 Å². The zero-order valence-corrected chi connectivity index (χ0v) is 7.57. The van der Waals surface area contributed by atoms with E-state index >= 15 is 0 Å². The van der Waals surface area contributed by atoms with E-state index in [2.05, 4.69) is 4.98 Å². The van der Waals surface area contributed by atoms with Crippen molar-refractivity contribution < 1.29 is 8.78 Å². The zero-order chi connectivity index (χ0) is 9.30. The maximum atomic E-state index is 12.4. The van der Waals surface area contributed by atoms with E-state index in [0.717, 1.165) is 4.57 Å². The van der Waals surface area contributed by atoms with Crippen LogP contribution in [0.25, 0.3) is 0 Å². The standard InChI is InChI=1S/C7H9ClF2N2/c1-4-5(2)12(7(9)10)6(3-8)11-4/h7H,3H2,1-2H3. The van der Waals surface area contributed by atoms with E-state index in [9.17, 15) is 8.78 Å². The highest BCUT2D eigenvalue weighted by molar-refractivity contribution is 6.16. The molecule has 0 aromatic carbocycles. The molecule has 0 amide bonds. The van der Waals surface area contributed by atoms with Gasteiger partial charge in [-0.1, -0.05) is 0 Å². The second-order valence-corrected chi connectivity index (χ2v) is 2.75. The molecular weight excluding hydrogens is 186 g/mol. The Balaban J connectivity index is 3.21. The number of aryl methyl sites for hydroxylation is 1. The second kappa shape index (κ2) is 3.39. The summed E-state index contributed by atoms with van der Waals surface area (Å²) in [6, 6.07) is 0. The van der Waals surface area contributed by atoms with E-state index in [1.54, 1.807) is 13.8 Å². The Kier molecular flexibility index (Phi) is 2.67. The molecule has 0 radical (unpaired) electrons. The van der Waals surface area contributed by atoms with Crippen LogP contribution in [-0.2, 0) is 5.88 Å². The Hall–Kier alpha value is -0.640. The molecule has 0 spiro atoms.